The second kappa shape index (κ2) is 12.4. The van der Waals surface area contributed by atoms with Crippen molar-refractivity contribution in [2.75, 3.05) is 25.2 Å². The van der Waals surface area contributed by atoms with E-state index in [2.05, 4.69) is 10.1 Å². The lowest BCUT2D eigenvalue weighted by atomic mass is 10.2. The number of carbonyl (C=O) groups is 1. The Kier molecular flexibility index (Phi) is 8.92. The van der Waals surface area contributed by atoms with Crippen molar-refractivity contribution in [1.82, 2.24) is 9.29 Å². The van der Waals surface area contributed by atoms with Crippen LogP contribution in [0.15, 0.2) is 69.0 Å². The molecule has 1 amide bonds. The minimum atomic E-state index is -3.73. The van der Waals surface area contributed by atoms with Crippen LogP contribution in [0.2, 0.25) is 0 Å². The van der Waals surface area contributed by atoms with Crippen molar-refractivity contribution in [3.8, 4) is 5.75 Å². The van der Waals surface area contributed by atoms with Gasteiger partial charge in [0.15, 0.2) is 5.76 Å². The monoisotopic (exact) mass is 585 g/mol. The topological polar surface area (TPSA) is 148 Å². The predicted octanol–water partition coefficient (Wildman–Crippen LogP) is 5.30. The number of nitro groups is 1. The fourth-order valence-electron chi connectivity index (χ4n) is 3.82. The summed E-state index contributed by atoms with van der Waals surface area (Å²) in [6, 6.07) is 13.4. The second-order valence-corrected chi connectivity index (χ2v) is 11.5. The molecular formula is C26H27N5O7S2. The summed E-state index contributed by atoms with van der Waals surface area (Å²) in [6.45, 7) is 4.61. The number of benzene rings is 2. The maximum absolute atomic E-state index is 13.6. The van der Waals surface area contributed by atoms with Crippen molar-refractivity contribution < 1.29 is 27.3 Å². The maximum atomic E-state index is 13.6. The number of ether oxygens (including phenoxy) is 1. The molecule has 0 N–H and O–H groups in total. The maximum Gasteiger partial charge on any atom is 0.433 e. The quantitative estimate of drug-likeness (QED) is 0.124. The SMILES string of the molecule is CCCN(CCC)S(=O)(=O)c1ccc(C(=O)N(/N=C/c2ccc([N+](=O)[O-])o2)c2nc3ccc(OC)cc3s2)cc1. The summed E-state index contributed by atoms with van der Waals surface area (Å²) in [5, 5.41) is 16.5. The third kappa shape index (κ3) is 6.19. The van der Waals surface area contributed by atoms with Gasteiger partial charge >= 0.3 is 5.88 Å². The third-order valence-electron chi connectivity index (χ3n) is 5.74. The summed E-state index contributed by atoms with van der Waals surface area (Å²) >= 11 is 1.18. The van der Waals surface area contributed by atoms with Gasteiger partial charge in [0, 0.05) is 18.7 Å². The average molecular weight is 586 g/mol. The van der Waals surface area contributed by atoms with Gasteiger partial charge in [0.25, 0.3) is 5.91 Å². The second-order valence-electron chi connectivity index (χ2n) is 8.55. The van der Waals surface area contributed by atoms with Crippen molar-refractivity contribution in [3.05, 3.63) is 76.0 Å². The molecule has 14 heteroatoms. The van der Waals surface area contributed by atoms with Crippen molar-refractivity contribution >= 4 is 54.7 Å². The lowest BCUT2D eigenvalue weighted by Gasteiger charge is -2.21. The van der Waals surface area contributed by atoms with Crippen LogP contribution in [0, 0.1) is 10.1 Å². The Morgan fingerprint density at radius 1 is 1.12 bits per heavy atom. The number of furan rings is 1. The molecule has 40 heavy (non-hydrogen) atoms. The van der Waals surface area contributed by atoms with Crippen LogP contribution in [0.1, 0.15) is 42.8 Å². The van der Waals surface area contributed by atoms with E-state index in [0.717, 1.165) is 9.71 Å². The van der Waals surface area contributed by atoms with Gasteiger partial charge < -0.3 is 9.15 Å². The number of nitrogens with zero attached hydrogens (tertiary/aromatic N) is 5. The Bertz CT molecular complexity index is 1640. The molecule has 0 aliphatic carbocycles. The van der Waals surface area contributed by atoms with Gasteiger partial charge in [0.2, 0.25) is 15.2 Å². The van der Waals surface area contributed by atoms with Crippen LogP contribution in [0.3, 0.4) is 0 Å². The average Bonchev–Trinajstić information content (AvgIpc) is 3.60. The molecule has 0 radical (unpaired) electrons. The first-order chi connectivity index (χ1) is 19.2. The molecule has 0 saturated heterocycles. The number of amides is 1. The van der Waals surface area contributed by atoms with Gasteiger partial charge in [-0.3, -0.25) is 14.9 Å². The molecular weight excluding hydrogens is 558 g/mol. The number of fused-ring (bicyclic) bond motifs is 1. The molecule has 2 aromatic heterocycles. The number of methoxy groups -OCH3 is 1. The van der Waals surface area contributed by atoms with Crippen molar-refractivity contribution in [1.29, 1.82) is 0 Å². The number of rotatable bonds is 12. The van der Waals surface area contributed by atoms with Gasteiger partial charge in [-0.25, -0.2) is 13.4 Å². The third-order valence-corrected chi connectivity index (χ3v) is 8.64. The Balaban J connectivity index is 1.70. The van der Waals surface area contributed by atoms with E-state index in [0.29, 0.717) is 37.2 Å². The number of hydrogen-bond donors (Lipinski definition) is 0. The van der Waals surface area contributed by atoms with Crippen LogP contribution < -0.4 is 9.75 Å². The van der Waals surface area contributed by atoms with Crippen LogP contribution >= 0.6 is 11.3 Å². The summed E-state index contributed by atoms with van der Waals surface area (Å²) in [4.78, 5) is 28.5. The number of sulfonamides is 1. The summed E-state index contributed by atoms with van der Waals surface area (Å²) < 4.78 is 38.8. The highest BCUT2D eigenvalue weighted by molar-refractivity contribution is 7.89. The van der Waals surface area contributed by atoms with Gasteiger partial charge in [-0.2, -0.15) is 14.4 Å². The highest BCUT2D eigenvalue weighted by atomic mass is 32.2. The molecule has 0 bridgehead atoms. The zero-order valence-corrected chi connectivity index (χ0v) is 23.6. The first kappa shape index (κ1) is 28.9. The lowest BCUT2D eigenvalue weighted by molar-refractivity contribution is -0.402. The van der Waals surface area contributed by atoms with Gasteiger partial charge in [0.1, 0.15) is 10.7 Å². The van der Waals surface area contributed by atoms with Gasteiger partial charge in [0.05, 0.1) is 34.5 Å². The largest absolute Gasteiger partial charge is 0.497 e. The summed E-state index contributed by atoms with van der Waals surface area (Å²) in [7, 11) is -2.18. The molecule has 0 fully saturated rings. The van der Waals surface area contributed by atoms with E-state index < -0.39 is 26.7 Å². The number of thiazole rings is 1. The van der Waals surface area contributed by atoms with Gasteiger partial charge in [-0.05, 0) is 61.4 Å². The molecule has 4 aromatic rings. The van der Waals surface area contributed by atoms with Crippen molar-refractivity contribution in [2.45, 2.75) is 31.6 Å². The Hall–Kier alpha value is -4.14. The minimum Gasteiger partial charge on any atom is -0.497 e. The van der Waals surface area contributed by atoms with Gasteiger partial charge in [-0.1, -0.05) is 25.2 Å². The first-order valence-electron chi connectivity index (χ1n) is 12.3. The molecule has 0 unspecified atom stereocenters. The van der Waals surface area contributed by atoms with Crippen LogP contribution in [0.4, 0.5) is 11.0 Å². The van der Waals surface area contributed by atoms with Crippen LogP contribution in [0.5, 0.6) is 5.75 Å². The number of hydrogen-bond acceptors (Lipinski definition) is 10. The Labute approximate surface area is 234 Å². The molecule has 0 aliphatic rings. The molecule has 0 spiro atoms. The first-order valence-corrected chi connectivity index (χ1v) is 14.6. The molecule has 12 nitrogen and oxygen atoms in total. The summed E-state index contributed by atoms with van der Waals surface area (Å²) in [6.07, 6.45) is 2.52. The van der Waals surface area contributed by atoms with E-state index in [1.165, 1.54) is 58.3 Å². The lowest BCUT2D eigenvalue weighted by Crippen LogP contribution is -2.32. The molecule has 0 aliphatic heterocycles. The number of aromatic nitrogens is 1. The predicted molar refractivity (Wildman–Crippen MR) is 152 cm³/mol. The number of anilines is 1. The molecule has 2 aromatic carbocycles. The summed E-state index contributed by atoms with van der Waals surface area (Å²) in [5.74, 6) is -0.390. The Morgan fingerprint density at radius 3 is 2.42 bits per heavy atom. The number of carbonyl (C=O) groups excluding carboxylic acids is 1. The van der Waals surface area contributed by atoms with E-state index >= 15 is 0 Å². The van der Waals surface area contributed by atoms with Crippen molar-refractivity contribution in [2.24, 2.45) is 5.10 Å². The number of hydrazone groups is 1. The van der Waals surface area contributed by atoms with Crippen LogP contribution in [-0.4, -0.2) is 55.0 Å². The highest BCUT2D eigenvalue weighted by Gasteiger charge is 2.25. The fourth-order valence-corrected chi connectivity index (χ4v) is 6.39. The van der Waals surface area contributed by atoms with E-state index in [1.807, 2.05) is 13.8 Å². The standard InChI is InChI=1S/C26H27N5O7S2/c1-4-14-29(15-5-2)40(35,36)21-10-6-18(7-11-21)25(32)30(27-17-20-9-13-24(38-20)31(33)34)26-28-22-12-8-19(37-3)16-23(22)39-26/h6-13,16-17H,4-5,14-15H2,1-3H3/b27-17+. The van der Waals surface area contributed by atoms with Crippen LogP contribution in [-0.2, 0) is 10.0 Å². The Morgan fingerprint density at radius 2 is 1.82 bits per heavy atom. The van der Waals surface area contributed by atoms with Crippen LogP contribution in [0.25, 0.3) is 10.2 Å². The zero-order chi connectivity index (χ0) is 28.9. The highest BCUT2D eigenvalue weighted by Crippen LogP contribution is 2.32. The fraction of sp³-hybridized carbons (Fsp3) is 0.269. The summed E-state index contributed by atoms with van der Waals surface area (Å²) in [5.41, 5.74) is 0.770. The molecule has 0 atom stereocenters. The van der Waals surface area contributed by atoms with E-state index in [-0.39, 0.29) is 21.4 Å². The molecule has 210 valence electrons. The zero-order valence-electron chi connectivity index (χ0n) is 22.0. The molecule has 2 heterocycles. The molecule has 4 rings (SSSR count). The van der Waals surface area contributed by atoms with Gasteiger partial charge in [-0.15, -0.1) is 0 Å². The van der Waals surface area contributed by atoms with Crippen molar-refractivity contribution in [3.63, 3.8) is 0 Å². The van der Waals surface area contributed by atoms with E-state index in [1.54, 1.807) is 25.3 Å². The normalized spacial score (nSPS) is 11.9. The van der Waals surface area contributed by atoms with E-state index in [4.69, 9.17) is 9.15 Å². The van der Waals surface area contributed by atoms with E-state index in [9.17, 15) is 23.3 Å². The molecule has 0 saturated carbocycles. The minimum absolute atomic E-state index is 0.0562. The smallest absolute Gasteiger partial charge is 0.433 e.